The molecule has 144 valence electrons. The number of amides is 2. The van der Waals surface area contributed by atoms with Crippen LogP contribution in [-0.4, -0.2) is 16.8 Å². The van der Waals surface area contributed by atoms with E-state index in [9.17, 15) is 14.4 Å². The summed E-state index contributed by atoms with van der Waals surface area (Å²) >= 11 is 0. The first-order valence-electron chi connectivity index (χ1n) is 9.01. The number of fused-ring (bicyclic) bond motifs is 1. The summed E-state index contributed by atoms with van der Waals surface area (Å²) in [5.41, 5.74) is 1.32. The van der Waals surface area contributed by atoms with Gasteiger partial charge in [-0.25, -0.2) is 0 Å². The molecule has 3 aromatic rings. The monoisotopic (exact) mass is 377 g/mol. The highest BCUT2D eigenvalue weighted by Gasteiger charge is 2.21. The number of aromatic nitrogens is 1. The Morgan fingerprint density at radius 1 is 0.964 bits per heavy atom. The first-order chi connectivity index (χ1) is 13.1. The second-order valence-corrected chi connectivity index (χ2v) is 7.79. The van der Waals surface area contributed by atoms with Crippen molar-refractivity contribution in [3.63, 3.8) is 0 Å². The van der Waals surface area contributed by atoms with Crippen molar-refractivity contribution in [1.29, 1.82) is 0 Å². The van der Waals surface area contributed by atoms with Crippen LogP contribution < -0.4 is 16.2 Å². The van der Waals surface area contributed by atoms with Crippen molar-refractivity contribution >= 4 is 34.0 Å². The van der Waals surface area contributed by atoms with Gasteiger partial charge in [0, 0.05) is 22.2 Å². The Kier molecular flexibility index (Phi) is 5.05. The van der Waals surface area contributed by atoms with Gasteiger partial charge in [0.1, 0.15) is 5.69 Å². The van der Waals surface area contributed by atoms with Gasteiger partial charge in [-0.1, -0.05) is 45.0 Å². The molecule has 3 N–H and O–H groups in total. The number of aromatic amines is 1. The van der Waals surface area contributed by atoms with Crippen LogP contribution in [0.4, 0.5) is 11.4 Å². The lowest BCUT2D eigenvalue weighted by molar-refractivity contribution is -0.123. The van der Waals surface area contributed by atoms with Gasteiger partial charge >= 0.3 is 0 Å². The zero-order valence-electron chi connectivity index (χ0n) is 16.3. The Hall–Kier alpha value is -3.41. The topological polar surface area (TPSA) is 91.1 Å². The number of rotatable bonds is 3. The molecule has 0 bridgehead atoms. The normalized spacial score (nSPS) is 11.3. The lowest BCUT2D eigenvalue weighted by Gasteiger charge is -2.18. The first-order valence-corrected chi connectivity index (χ1v) is 9.01. The summed E-state index contributed by atoms with van der Waals surface area (Å²) in [4.78, 5) is 39.7. The fourth-order valence-corrected chi connectivity index (χ4v) is 2.68. The van der Waals surface area contributed by atoms with Gasteiger partial charge in [0.05, 0.1) is 0 Å². The van der Waals surface area contributed by atoms with Gasteiger partial charge in [0.25, 0.3) is 11.5 Å². The average molecular weight is 377 g/mol. The molecule has 0 aliphatic carbocycles. The molecular weight excluding hydrogens is 354 g/mol. The van der Waals surface area contributed by atoms with Gasteiger partial charge in [-0.15, -0.1) is 0 Å². The van der Waals surface area contributed by atoms with E-state index < -0.39 is 11.3 Å². The maximum Gasteiger partial charge on any atom is 0.272 e. The van der Waals surface area contributed by atoms with Crippen molar-refractivity contribution in [3.8, 4) is 0 Å². The maximum absolute atomic E-state index is 12.7. The summed E-state index contributed by atoms with van der Waals surface area (Å²) in [5, 5.41) is 6.88. The fraction of sp³-hybridized carbons (Fsp3) is 0.227. The molecule has 2 aromatic carbocycles. The Morgan fingerprint density at radius 3 is 2.39 bits per heavy atom. The zero-order valence-corrected chi connectivity index (χ0v) is 16.3. The van der Waals surface area contributed by atoms with Crippen LogP contribution in [-0.2, 0) is 4.79 Å². The molecule has 0 saturated carbocycles. The molecular formula is C22H23N3O3. The number of anilines is 2. The zero-order chi connectivity index (χ0) is 20.5. The van der Waals surface area contributed by atoms with E-state index in [1.165, 1.54) is 0 Å². The van der Waals surface area contributed by atoms with Crippen LogP contribution in [0, 0.1) is 12.3 Å². The third-order valence-electron chi connectivity index (χ3n) is 4.42. The number of carbonyl (C=O) groups is 2. The third kappa shape index (κ3) is 4.11. The largest absolute Gasteiger partial charge is 0.326 e. The molecule has 1 aromatic heterocycles. The smallest absolute Gasteiger partial charge is 0.272 e. The van der Waals surface area contributed by atoms with Crippen molar-refractivity contribution in [2.75, 3.05) is 10.6 Å². The Balaban J connectivity index is 1.87. The summed E-state index contributed by atoms with van der Waals surface area (Å²) in [6.07, 6.45) is 0. The lowest BCUT2D eigenvalue weighted by Crippen LogP contribution is -2.27. The van der Waals surface area contributed by atoms with Crippen LogP contribution >= 0.6 is 0 Å². The van der Waals surface area contributed by atoms with E-state index in [-0.39, 0.29) is 17.2 Å². The van der Waals surface area contributed by atoms with Crippen LogP contribution in [0.25, 0.3) is 10.8 Å². The second kappa shape index (κ2) is 7.31. The number of benzene rings is 2. The van der Waals surface area contributed by atoms with Crippen molar-refractivity contribution in [1.82, 2.24) is 4.98 Å². The van der Waals surface area contributed by atoms with Gasteiger partial charge in [-0.3, -0.25) is 14.4 Å². The number of hydrogen-bond acceptors (Lipinski definition) is 3. The predicted octanol–water partition coefficient (Wildman–Crippen LogP) is 4.07. The minimum atomic E-state index is -0.529. The first kappa shape index (κ1) is 19.4. The van der Waals surface area contributed by atoms with Crippen LogP contribution in [0.2, 0.25) is 0 Å². The second-order valence-electron chi connectivity index (χ2n) is 7.79. The van der Waals surface area contributed by atoms with E-state index in [4.69, 9.17) is 0 Å². The van der Waals surface area contributed by atoms with Crippen LogP contribution in [0.3, 0.4) is 0 Å². The molecule has 3 rings (SSSR count). The van der Waals surface area contributed by atoms with Crippen LogP contribution in [0.5, 0.6) is 0 Å². The van der Waals surface area contributed by atoms with Gasteiger partial charge < -0.3 is 15.6 Å². The van der Waals surface area contributed by atoms with E-state index in [1.54, 1.807) is 36.4 Å². The molecule has 0 saturated heterocycles. The maximum atomic E-state index is 12.7. The van der Waals surface area contributed by atoms with Gasteiger partial charge in [0.15, 0.2) is 0 Å². The van der Waals surface area contributed by atoms with Crippen molar-refractivity contribution in [3.05, 3.63) is 70.1 Å². The molecule has 2 amide bonds. The van der Waals surface area contributed by atoms with Gasteiger partial charge in [-0.05, 0) is 42.1 Å². The molecule has 0 aliphatic heterocycles. The van der Waals surface area contributed by atoms with E-state index in [0.29, 0.717) is 22.1 Å². The Bertz CT molecular complexity index is 1120. The summed E-state index contributed by atoms with van der Waals surface area (Å²) in [5.74, 6) is -0.544. The minimum Gasteiger partial charge on any atom is -0.326 e. The predicted molar refractivity (Wildman–Crippen MR) is 112 cm³/mol. The minimum absolute atomic E-state index is 0.118. The third-order valence-corrected chi connectivity index (χ3v) is 4.42. The Morgan fingerprint density at radius 2 is 1.68 bits per heavy atom. The summed E-state index contributed by atoms with van der Waals surface area (Å²) in [6, 6.07) is 14.0. The molecule has 0 unspecified atom stereocenters. The van der Waals surface area contributed by atoms with Crippen molar-refractivity contribution in [2.24, 2.45) is 5.41 Å². The number of pyridine rings is 1. The van der Waals surface area contributed by atoms with E-state index in [1.807, 2.05) is 39.8 Å². The van der Waals surface area contributed by atoms with Crippen molar-refractivity contribution in [2.45, 2.75) is 27.7 Å². The number of hydrogen-bond donors (Lipinski definition) is 3. The molecule has 6 heteroatoms. The van der Waals surface area contributed by atoms with Crippen LogP contribution in [0.1, 0.15) is 36.8 Å². The molecule has 0 spiro atoms. The highest BCUT2D eigenvalue weighted by atomic mass is 16.2. The molecule has 0 atom stereocenters. The highest BCUT2D eigenvalue weighted by molar-refractivity contribution is 6.05. The number of carbonyl (C=O) groups excluding carboxylic acids is 2. The van der Waals surface area contributed by atoms with Gasteiger partial charge in [0.2, 0.25) is 5.91 Å². The van der Waals surface area contributed by atoms with Gasteiger partial charge in [-0.2, -0.15) is 0 Å². The van der Waals surface area contributed by atoms with E-state index in [0.717, 1.165) is 5.56 Å². The number of aryl methyl sites for hydroxylation is 1. The molecule has 28 heavy (non-hydrogen) atoms. The number of H-pyrrole nitrogens is 1. The average Bonchev–Trinajstić information content (AvgIpc) is 2.63. The fourth-order valence-electron chi connectivity index (χ4n) is 2.68. The lowest BCUT2D eigenvalue weighted by atomic mass is 9.95. The molecule has 6 nitrogen and oxygen atoms in total. The van der Waals surface area contributed by atoms with E-state index in [2.05, 4.69) is 15.6 Å². The SMILES string of the molecule is Cc1ccc(NC(=O)C(C)(C)C)cc1NC(=O)c1cc2ccccc2c(=O)[nH]1. The van der Waals surface area contributed by atoms with Crippen LogP contribution in [0.15, 0.2) is 53.3 Å². The van der Waals surface area contributed by atoms with E-state index >= 15 is 0 Å². The highest BCUT2D eigenvalue weighted by Crippen LogP contribution is 2.23. The molecule has 0 aliphatic rings. The quantitative estimate of drug-likeness (QED) is 0.642. The Labute approximate surface area is 163 Å². The number of nitrogens with one attached hydrogen (secondary N) is 3. The summed E-state index contributed by atoms with van der Waals surface area (Å²) in [7, 11) is 0. The van der Waals surface area contributed by atoms with Crippen molar-refractivity contribution < 1.29 is 9.59 Å². The molecule has 0 fully saturated rings. The molecule has 0 radical (unpaired) electrons. The summed E-state index contributed by atoms with van der Waals surface area (Å²) in [6.45, 7) is 7.34. The molecule has 1 heterocycles. The summed E-state index contributed by atoms with van der Waals surface area (Å²) < 4.78 is 0. The standard InChI is InChI=1S/C22H23N3O3/c1-13-9-10-15(23-21(28)22(2,3)4)12-17(13)24-20(27)18-11-14-7-5-6-8-16(14)19(26)25-18/h5-12H,1-4H3,(H,23,28)(H,24,27)(H,25,26).